The Morgan fingerprint density at radius 1 is 0.234 bits per heavy atom. The first kappa shape index (κ1) is 47.0. The van der Waals surface area contributed by atoms with Gasteiger partial charge in [-0.3, -0.25) is 0 Å². The lowest BCUT2D eigenvalue weighted by atomic mass is 9.92. The van der Waals surface area contributed by atoms with Gasteiger partial charge in [0.05, 0.1) is 0 Å². The normalized spacial score (nSPS) is 12.3. The summed E-state index contributed by atoms with van der Waals surface area (Å²) in [6.07, 6.45) is 63.0. The highest BCUT2D eigenvalue weighted by atomic mass is 14.1. The Morgan fingerprint density at radius 3 is 0.532 bits per heavy atom. The van der Waals surface area contributed by atoms with Crippen LogP contribution in [0.5, 0.6) is 0 Å². The van der Waals surface area contributed by atoms with Crippen molar-refractivity contribution in [2.24, 2.45) is 5.92 Å². The first-order chi connectivity index (χ1) is 23.3. The summed E-state index contributed by atoms with van der Waals surface area (Å²) < 4.78 is 0. The van der Waals surface area contributed by atoms with Gasteiger partial charge < -0.3 is 0 Å². The summed E-state index contributed by atoms with van der Waals surface area (Å²) in [4.78, 5) is 0. The van der Waals surface area contributed by atoms with Gasteiger partial charge in [-0.05, 0) is 5.92 Å². The van der Waals surface area contributed by atoms with Crippen LogP contribution in [0.15, 0.2) is 0 Å². The van der Waals surface area contributed by atoms with Crippen molar-refractivity contribution < 1.29 is 0 Å². The minimum absolute atomic E-state index is 0.904. The van der Waals surface area contributed by atoms with Crippen LogP contribution < -0.4 is 0 Å². The lowest BCUT2D eigenvalue weighted by molar-refractivity contribution is 0.404. The van der Waals surface area contributed by atoms with Crippen LogP contribution in [0.2, 0.25) is 0 Å². The summed E-state index contributed by atoms with van der Waals surface area (Å²) in [5.41, 5.74) is 0. The van der Waals surface area contributed by atoms with Crippen molar-refractivity contribution >= 4 is 0 Å². The van der Waals surface area contributed by atoms with Gasteiger partial charge in [-0.15, -0.1) is 0 Å². The standard InChI is InChI=1S/C47H95/c1-4-7-9-11-13-15-17-19-21-23-24-25-26-27-28-30-32-34-36-38-40-42-44-46-47(6-3)45-43-41-39-37-35-33-31-29-22-20-18-16-14-12-10-8-5-2/h47H,3-46H2,1-2H3. The van der Waals surface area contributed by atoms with Gasteiger partial charge in [-0.1, -0.05) is 297 Å². The third kappa shape index (κ3) is 42.1. The molecule has 0 saturated carbocycles. The van der Waals surface area contributed by atoms with E-state index in [4.69, 9.17) is 0 Å². The average molecular weight is 660 g/mol. The lowest BCUT2D eigenvalue weighted by Gasteiger charge is -2.14. The van der Waals surface area contributed by atoms with Crippen LogP contribution in [-0.2, 0) is 0 Å². The van der Waals surface area contributed by atoms with E-state index >= 15 is 0 Å². The zero-order valence-corrected chi connectivity index (χ0v) is 33.7. The van der Waals surface area contributed by atoms with Crippen LogP contribution in [0.25, 0.3) is 0 Å². The van der Waals surface area contributed by atoms with Crippen LogP contribution in [0.4, 0.5) is 0 Å². The molecule has 0 rings (SSSR count). The fraction of sp³-hybridized carbons (Fsp3) is 0.979. The van der Waals surface area contributed by atoms with Gasteiger partial charge >= 0.3 is 0 Å². The zero-order chi connectivity index (χ0) is 34.0. The van der Waals surface area contributed by atoms with Gasteiger partial charge in [0.15, 0.2) is 0 Å². The maximum atomic E-state index is 4.29. The molecule has 0 nitrogen and oxygen atoms in total. The summed E-state index contributed by atoms with van der Waals surface area (Å²) in [5, 5.41) is 0. The van der Waals surface area contributed by atoms with Crippen LogP contribution >= 0.6 is 0 Å². The smallest absolute Gasteiger partial charge is 0.0414 e. The van der Waals surface area contributed by atoms with Crippen molar-refractivity contribution in [3.8, 4) is 0 Å². The molecule has 0 heteroatoms. The molecular formula is C47H95. The second-order valence-corrected chi connectivity index (χ2v) is 16.2. The molecule has 0 aromatic rings. The largest absolute Gasteiger partial charge is 0.0654 e. The van der Waals surface area contributed by atoms with E-state index in [1.54, 1.807) is 0 Å². The minimum atomic E-state index is 0.904. The first-order valence-electron chi connectivity index (χ1n) is 23.1. The van der Waals surface area contributed by atoms with E-state index in [-0.39, 0.29) is 0 Å². The molecule has 1 atom stereocenters. The van der Waals surface area contributed by atoms with Gasteiger partial charge in [0.25, 0.3) is 0 Å². The molecule has 0 aliphatic carbocycles. The molecule has 0 spiro atoms. The van der Waals surface area contributed by atoms with E-state index in [0.717, 1.165) is 12.3 Å². The summed E-state index contributed by atoms with van der Waals surface area (Å²) in [6.45, 7) is 8.91. The van der Waals surface area contributed by atoms with Gasteiger partial charge in [0.2, 0.25) is 0 Å². The molecule has 0 bridgehead atoms. The Balaban J connectivity index is 3.23. The fourth-order valence-electron chi connectivity index (χ4n) is 7.81. The van der Waals surface area contributed by atoms with Gasteiger partial charge in [0.1, 0.15) is 0 Å². The topological polar surface area (TPSA) is 0 Å². The van der Waals surface area contributed by atoms with Crippen molar-refractivity contribution in [1.29, 1.82) is 0 Å². The van der Waals surface area contributed by atoms with Crippen LogP contribution in [-0.4, -0.2) is 0 Å². The van der Waals surface area contributed by atoms with Crippen molar-refractivity contribution in [2.75, 3.05) is 0 Å². The predicted molar refractivity (Wildman–Crippen MR) is 219 cm³/mol. The second kappa shape index (κ2) is 44.0. The molecule has 0 amide bonds. The zero-order valence-electron chi connectivity index (χ0n) is 33.7. The molecule has 0 aliphatic heterocycles. The molecule has 0 aromatic carbocycles. The Kier molecular flexibility index (Phi) is 44.0. The summed E-state index contributed by atoms with van der Waals surface area (Å²) in [6, 6.07) is 0. The van der Waals surface area contributed by atoms with E-state index in [0.29, 0.717) is 0 Å². The first-order valence-corrected chi connectivity index (χ1v) is 23.1. The average Bonchev–Trinajstić information content (AvgIpc) is 3.09. The molecule has 0 aromatic heterocycles. The molecule has 47 heavy (non-hydrogen) atoms. The molecule has 0 aliphatic rings. The third-order valence-corrected chi connectivity index (χ3v) is 11.3. The number of rotatable bonds is 43. The van der Waals surface area contributed by atoms with E-state index in [1.807, 2.05) is 0 Å². The molecule has 1 unspecified atom stereocenters. The Bertz CT molecular complexity index is 508. The van der Waals surface area contributed by atoms with Crippen LogP contribution in [0.1, 0.15) is 290 Å². The Morgan fingerprint density at radius 2 is 0.383 bits per heavy atom. The second-order valence-electron chi connectivity index (χ2n) is 16.2. The molecule has 0 N–H and O–H groups in total. The summed E-state index contributed by atoms with van der Waals surface area (Å²) >= 11 is 0. The van der Waals surface area contributed by atoms with Crippen molar-refractivity contribution in [3.63, 3.8) is 0 Å². The maximum absolute atomic E-state index is 4.29. The highest BCUT2D eigenvalue weighted by molar-refractivity contribution is 4.62. The predicted octanol–water partition coefficient (Wildman–Crippen LogP) is 18.3. The molecule has 0 fully saturated rings. The maximum Gasteiger partial charge on any atom is -0.0414 e. The SMILES string of the molecule is [CH2]CC(CCCCCCCCCCCCCCCCCCC)CCCCCCCCCCCCCCCCCCCCCCCCC. The monoisotopic (exact) mass is 660 g/mol. The highest BCUT2D eigenvalue weighted by Gasteiger charge is 2.06. The minimum Gasteiger partial charge on any atom is -0.0654 e. The molecule has 1 radical (unpaired) electrons. The third-order valence-electron chi connectivity index (χ3n) is 11.3. The number of hydrogen-bond acceptors (Lipinski definition) is 0. The van der Waals surface area contributed by atoms with Crippen molar-refractivity contribution in [3.05, 3.63) is 6.92 Å². The lowest BCUT2D eigenvalue weighted by Crippen LogP contribution is -1.99. The number of unbranched alkanes of at least 4 members (excludes halogenated alkanes) is 38. The Labute approximate surface area is 302 Å². The van der Waals surface area contributed by atoms with Gasteiger partial charge in [0, 0.05) is 0 Å². The van der Waals surface area contributed by atoms with E-state index in [9.17, 15) is 0 Å². The van der Waals surface area contributed by atoms with E-state index in [1.165, 1.54) is 270 Å². The van der Waals surface area contributed by atoms with Crippen LogP contribution in [0.3, 0.4) is 0 Å². The summed E-state index contributed by atoms with van der Waals surface area (Å²) in [5.74, 6) is 0.904. The number of hydrogen-bond donors (Lipinski definition) is 0. The highest BCUT2D eigenvalue weighted by Crippen LogP contribution is 2.22. The van der Waals surface area contributed by atoms with Gasteiger partial charge in [-0.2, -0.15) is 0 Å². The Hall–Kier alpha value is 0. The fourth-order valence-corrected chi connectivity index (χ4v) is 7.81. The molecule has 283 valence electrons. The van der Waals surface area contributed by atoms with E-state index < -0.39 is 0 Å². The van der Waals surface area contributed by atoms with Crippen molar-refractivity contribution in [1.82, 2.24) is 0 Å². The van der Waals surface area contributed by atoms with Crippen molar-refractivity contribution in [2.45, 2.75) is 290 Å². The molecular weight excluding hydrogens is 565 g/mol. The van der Waals surface area contributed by atoms with Gasteiger partial charge in [-0.25, -0.2) is 0 Å². The summed E-state index contributed by atoms with van der Waals surface area (Å²) in [7, 11) is 0. The van der Waals surface area contributed by atoms with Crippen LogP contribution in [0, 0.1) is 12.8 Å². The molecule has 0 heterocycles. The molecule has 0 saturated heterocycles. The quantitative estimate of drug-likeness (QED) is 0.0571. The van der Waals surface area contributed by atoms with E-state index in [2.05, 4.69) is 20.8 Å².